The van der Waals surface area contributed by atoms with Crippen LogP contribution in [0.15, 0.2) is 22.7 Å². The quantitative estimate of drug-likeness (QED) is 0.733. The topological polar surface area (TPSA) is 15.3 Å². The van der Waals surface area contributed by atoms with Gasteiger partial charge in [0.05, 0.1) is 4.47 Å². The van der Waals surface area contributed by atoms with E-state index in [1.54, 1.807) is 6.07 Å². The second-order valence-electron chi connectivity index (χ2n) is 6.27. The summed E-state index contributed by atoms with van der Waals surface area (Å²) in [5, 5.41) is 3.42. The Morgan fingerprint density at radius 3 is 2.39 bits per heavy atom. The molecule has 2 fully saturated rings. The van der Waals surface area contributed by atoms with Gasteiger partial charge in [-0.2, -0.15) is 0 Å². The Bertz CT molecular complexity index is 460. The number of piperazine rings is 1. The summed E-state index contributed by atoms with van der Waals surface area (Å²) in [6.45, 7) is 4.19. The Balaban J connectivity index is 0.00000132. The Morgan fingerprint density at radius 2 is 1.74 bits per heavy atom. The lowest BCUT2D eigenvalue weighted by Gasteiger charge is -2.41. The number of hydrogen-bond donors (Lipinski definition) is 1. The van der Waals surface area contributed by atoms with Crippen LogP contribution < -0.4 is 5.32 Å². The highest BCUT2D eigenvalue weighted by atomic mass is 79.9. The van der Waals surface area contributed by atoms with Crippen molar-refractivity contribution in [1.82, 2.24) is 10.2 Å². The Morgan fingerprint density at radius 1 is 1.09 bits per heavy atom. The molecule has 1 aromatic carbocycles. The number of benzene rings is 1. The lowest BCUT2D eigenvalue weighted by molar-refractivity contribution is 0.102. The first-order valence-corrected chi connectivity index (χ1v) is 8.95. The number of rotatable bonds is 3. The van der Waals surface area contributed by atoms with Gasteiger partial charge >= 0.3 is 0 Å². The van der Waals surface area contributed by atoms with Crippen molar-refractivity contribution < 1.29 is 4.39 Å². The highest BCUT2D eigenvalue weighted by molar-refractivity contribution is 9.10. The van der Waals surface area contributed by atoms with Crippen LogP contribution in [0.1, 0.15) is 43.7 Å². The molecule has 1 saturated heterocycles. The van der Waals surface area contributed by atoms with Gasteiger partial charge in [0.15, 0.2) is 0 Å². The van der Waals surface area contributed by atoms with Crippen LogP contribution in [0.25, 0.3) is 0 Å². The zero-order valence-electron chi connectivity index (χ0n) is 13.3. The van der Waals surface area contributed by atoms with Crippen molar-refractivity contribution in [3.05, 3.63) is 34.1 Å². The summed E-state index contributed by atoms with van der Waals surface area (Å²) in [6.07, 6.45) is 6.55. The number of nitrogens with one attached hydrogen (secondary N) is 1. The minimum absolute atomic E-state index is 0. The second kappa shape index (κ2) is 10.2. The van der Waals surface area contributed by atoms with E-state index in [4.69, 9.17) is 0 Å². The highest BCUT2D eigenvalue weighted by Crippen LogP contribution is 2.41. The molecule has 0 aromatic heterocycles. The zero-order chi connectivity index (χ0) is 14.7. The first kappa shape index (κ1) is 21.2. The lowest BCUT2D eigenvalue weighted by Crippen LogP contribution is -2.47. The van der Waals surface area contributed by atoms with Crippen LogP contribution in [0.3, 0.4) is 0 Å². The molecule has 1 saturated carbocycles. The summed E-state index contributed by atoms with van der Waals surface area (Å²) >= 11 is 3.50. The fourth-order valence-electron chi connectivity index (χ4n) is 3.91. The van der Waals surface area contributed by atoms with Crippen molar-refractivity contribution in [2.75, 3.05) is 26.2 Å². The zero-order valence-corrected chi connectivity index (χ0v) is 16.5. The van der Waals surface area contributed by atoms with Crippen molar-refractivity contribution >= 4 is 40.7 Å². The van der Waals surface area contributed by atoms with Gasteiger partial charge in [-0.25, -0.2) is 4.39 Å². The Hall–Kier alpha value is 0.130. The van der Waals surface area contributed by atoms with Crippen molar-refractivity contribution in [3.8, 4) is 0 Å². The van der Waals surface area contributed by atoms with Crippen LogP contribution in [0.5, 0.6) is 0 Å². The molecule has 1 N–H and O–H groups in total. The fraction of sp³-hybridized carbons (Fsp3) is 0.647. The van der Waals surface area contributed by atoms with E-state index in [9.17, 15) is 4.39 Å². The first-order valence-electron chi connectivity index (χ1n) is 8.16. The predicted octanol–water partition coefficient (Wildman–Crippen LogP) is 4.96. The van der Waals surface area contributed by atoms with Crippen LogP contribution in [0.4, 0.5) is 4.39 Å². The van der Waals surface area contributed by atoms with Gasteiger partial charge in [-0.3, -0.25) is 4.90 Å². The van der Waals surface area contributed by atoms with E-state index < -0.39 is 0 Å². The number of halogens is 4. The third-order valence-electron chi connectivity index (χ3n) is 4.94. The van der Waals surface area contributed by atoms with Crippen molar-refractivity contribution in [2.45, 2.75) is 38.1 Å². The smallest absolute Gasteiger partial charge is 0.137 e. The molecule has 0 unspecified atom stereocenters. The molecule has 1 aliphatic heterocycles. The lowest BCUT2D eigenvalue weighted by atomic mass is 9.80. The van der Waals surface area contributed by atoms with E-state index in [0.717, 1.165) is 31.7 Å². The highest BCUT2D eigenvalue weighted by Gasteiger charge is 2.32. The van der Waals surface area contributed by atoms with E-state index in [2.05, 4.69) is 32.2 Å². The maximum absolute atomic E-state index is 14.0. The number of hydrogen-bond acceptors (Lipinski definition) is 2. The molecule has 2 aliphatic rings. The molecule has 1 aliphatic carbocycles. The predicted molar refractivity (Wildman–Crippen MR) is 102 cm³/mol. The largest absolute Gasteiger partial charge is 0.314 e. The van der Waals surface area contributed by atoms with Gasteiger partial charge in [-0.05, 0) is 46.3 Å². The van der Waals surface area contributed by atoms with Crippen molar-refractivity contribution in [2.24, 2.45) is 5.92 Å². The van der Waals surface area contributed by atoms with Crippen molar-refractivity contribution in [3.63, 3.8) is 0 Å². The molecular formula is C17H26BrCl2FN2. The monoisotopic (exact) mass is 426 g/mol. The maximum Gasteiger partial charge on any atom is 0.137 e. The van der Waals surface area contributed by atoms with Gasteiger partial charge < -0.3 is 5.32 Å². The van der Waals surface area contributed by atoms with Gasteiger partial charge in [0, 0.05) is 32.2 Å². The molecule has 6 heteroatoms. The van der Waals surface area contributed by atoms with E-state index >= 15 is 0 Å². The molecule has 1 aromatic rings. The molecule has 132 valence electrons. The van der Waals surface area contributed by atoms with E-state index in [1.165, 1.54) is 32.1 Å². The summed E-state index contributed by atoms with van der Waals surface area (Å²) in [5.41, 5.74) is 1.14. The first-order chi connectivity index (χ1) is 10.3. The van der Waals surface area contributed by atoms with Gasteiger partial charge in [-0.15, -0.1) is 24.8 Å². The molecule has 0 amide bonds. The fourth-order valence-corrected chi connectivity index (χ4v) is 4.41. The molecule has 1 heterocycles. The molecular weight excluding hydrogens is 402 g/mol. The molecule has 2 nitrogen and oxygen atoms in total. The average molecular weight is 428 g/mol. The molecule has 0 radical (unpaired) electrons. The summed E-state index contributed by atoms with van der Waals surface area (Å²) in [6, 6.07) is 5.86. The molecule has 23 heavy (non-hydrogen) atoms. The summed E-state index contributed by atoms with van der Waals surface area (Å²) in [7, 11) is 0. The summed E-state index contributed by atoms with van der Waals surface area (Å²) in [5.74, 6) is 0.526. The maximum atomic E-state index is 14.0. The third-order valence-corrected chi connectivity index (χ3v) is 5.78. The second-order valence-corrected chi connectivity index (χ2v) is 7.06. The van der Waals surface area contributed by atoms with Gasteiger partial charge in [0.1, 0.15) is 5.82 Å². The van der Waals surface area contributed by atoms with E-state index in [1.807, 2.05) is 6.07 Å². The van der Waals surface area contributed by atoms with Crippen LogP contribution in [0, 0.1) is 11.7 Å². The summed E-state index contributed by atoms with van der Waals surface area (Å²) < 4.78 is 14.7. The SMILES string of the molecule is Cl.Cl.Fc1cccc([C@H](C2CCCCC2)N2CCNCC2)c1Br. The van der Waals surface area contributed by atoms with Crippen LogP contribution in [-0.2, 0) is 0 Å². The van der Waals surface area contributed by atoms with Gasteiger partial charge in [0.25, 0.3) is 0 Å². The van der Waals surface area contributed by atoms with Crippen LogP contribution in [-0.4, -0.2) is 31.1 Å². The van der Waals surface area contributed by atoms with E-state index in [0.29, 0.717) is 16.4 Å². The van der Waals surface area contributed by atoms with Gasteiger partial charge in [-0.1, -0.05) is 31.4 Å². The third kappa shape index (κ3) is 5.05. The minimum Gasteiger partial charge on any atom is -0.314 e. The molecule has 0 spiro atoms. The standard InChI is InChI=1S/C17H24BrFN2.2ClH/c18-16-14(7-4-8-15(16)19)17(13-5-2-1-3-6-13)21-11-9-20-10-12-21;;/h4,7-8,13,17,20H,1-3,5-6,9-12H2;2*1H/t17-;;/m0../s1. The van der Waals surface area contributed by atoms with E-state index in [-0.39, 0.29) is 30.6 Å². The normalized spacial score (nSPS) is 21.1. The molecule has 0 bridgehead atoms. The molecule has 1 atom stereocenters. The Labute approximate surface area is 159 Å². The van der Waals surface area contributed by atoms with Crippen molar-refractivity contribution in [1.29, 1.82) is 0 Å². The summed E-state index contributed by atoms with van der Waals surface area (Å²) in [4.78, 5) is 2.56. The minimum atomic E-state index is -0.136. The average Bonchev–Trinajstić information content (AvgIpc) is 2.54. The van der Waals surface area contributed by atoms with Crippen LogP contribution in [0.2, 0.25) is 0 Å². The Kier molecular flexibility index (Phi) is 9.39. The number of nitrogens with zero attached hydrogens (tertiary/aromatic N) is 1. The van der Waals surface area contributed by atoms with Crippen LogP contribution >= 0.6 is 40.7 Å². The molecule has 3 rings (SSSR count). The van der Waals surface area contributed by atoms with Gasteiger partial charge in [0.2, 0.25) is 0 Å².